The molecule has 0 saturated heterocycles. The standard InChI is InChI=1S/C22H26FN3O3/c1-13-17(25-19(27)11-22(3,4)5)10-18-20(24-13)26(21(28)14(2)29-18)12-15-6-8-16(23)9-7-15/h6-10,14H,11-12H2,1-5H3,(H,25,27). The first-order valence-electron chi connectivity index (χ1n) is 9.57. The number of nitrogens with one attached hydrogen (secondary N) is 1. The van der Waals surface area contributed by atoms with E-state index in [1.165, 1.54) is 17.0 Å². The van der Waals surface area contributed by atoms with E-state index in [1.807, 2.05) is 20.8 Å². The Morgan fingerprint density at radius 1 is 1.28 bits per heavy atom. The molecule has 0 spiro atoms. The van der Waals surface area contributed by atoms with Gasteiger partial charge in [-0.05, 0) is 37.0 Å². The molecule has 0 fully saturated rings. The van der Waals surface area contributed by atoms with Gasteiger partial charge < -0.3 is 10.1 Å². The summed E-state index contributed by atoms with van der Waals surface area (Å²) in [6.07, 6.45) is -0.318. The van der Waals surface area contributed by atoms with E-state index in [0.29, 0.717) is 29.4 Å². The minimum atomic E-state index is -0.689. The molecule has 154 valence electrons. The Balaban J connectivity index is 1.90. The summed E-state index contributed by atoms with van der Waals surface area (Å²) in [5.74, 6) is 0.156. The van der Waals surface area contributed by atoms with Crippen LogP contribution in [0.25, 0.3) is 0 Å². The van der Waals surface area contributed by atoms with Gasteiger partial charge in [0.2, 0.25) is 5.91 Å². The van der Waals surface area contributed by atoms with E-state index in [9.17, 15) is 14.0 Å². The van der Waals surface area contributed by atoms with Crippen LogP contribution in [0.2, 0.25) is 0 Å². The zero-order valence-corrected chi connectivity index (χ0v) is 17.4. The molecule has 3 rings (SSSR count). The number of carbonyl (C=O) groups is 2. The first-order valence-corrected chi connectivity index (χ1v) is 9.57. The topological polar surface area (TPSA) is 71.5 Å². The molecule has 6 nitrogen and oxygen atoms in total. The second-order valence-corrected chi connectivity index (χ2v) is 8.54. The lowest BCUT2D eigenvalue weighted by Gasteiger charge is -2.32. The highest BCUT2D eigenvalue weighted by Crippen LogP contribution is 2.36. The van der Waals surface area contributed by atoms with Crippen LogP contribution in [0.15, 0.2) is 30.3 Å². The number of amides is 2. The first-order chi connectivity index (χ1) is 13.5. The lowest BCUT2D eigenvalue weighted by Crippen LogP contribution is -2.44. The predicted octanol–water partition coefficient (Wildman–Crippen LogP) is 4.22. The third kappa shape index (κ3) is 4.91. The van der Waals surface area contributed by atoms with Gasteiger partial charge in [0.15, 0.2) is 17.7 Å². The van der Waals surface area contributed by atoms with Gasteiger partial charge in [-0.25, -0.2) is 9.37 Å². The maximum Gasteiger partial charge on any atom is 0.269 e. The summed E-state index contributed by atoms with van der Waals surface area (Å²) in [4.78, 5) is 31.1. The second kappa shape index (κ2) is 7.81. The summed E-state index contributed by atoms with van der Waals surface area (Å²) in [5.41, 5.74) is 1.78. The van der Waals surface area contributed by atoms with Gasteiger partial charge in [0.05, 0.1) is 17.9 Å². The molecule has 2 aromatic rings. The Labute approximate surface area is 170 Å². The van der Waals surface area contributed by atoms with Crippen LogP contribution in [-0.4, -0.2) is 22.9 Å². The van der Waals surface area contributed by atoms with Crippen molar-refractivity contribution in [3.63, 3.8) is 0 Å². The molecular weight excluding hydrogens is 373 g/mol. The lowest BCUT2D eigenvalue weighted by molar-refractivity contribution is -0.125. The van der Waals surface area contributed by atoms with Crippen molar-refractivity contribution in [1.29, 1.82) is 0 Å². The number of carbonyl (C=O) groups excluding carboxylic acids is 2. The summed E-state index contributed by atoms with van der Waals surface area (Å²) in [6, 6.07) is 7.69. The number of halogens is 1. The van der Waals surface area contributed by atoms with Crippen molar-refractivity contribution in [2.24, 2.45) is 5.41 Å². The van der Waals surface area contributed by atoms with Crippen molar-refractivity contribution in [2.45, 2.75) is 53.7 Å². The fraction of sp³-hybridized carbons (Fsp3) is 0.409. The quantitative estimate of drug-likeness (QED) is 0.836. The van der Waals surface area contributed by atoms with E-state index in [0.717, 1.165) is 5.56 Å². The van der Waals surface area contributed by atoms with Crippen molar-refractivity contribution >= 4 is 23.3 Å². The number of anilines is 2. The summed E-state index contributed by atoms with van der Waals surface area (Å²) >= 11 is 0. The Hall–Kier alpha value is -2.96. The predicted molar refractivity (Wildman–Crippen MR) is 109 cm³/mol. The fourth-order valence-corrected chi connectivity index (χ4v) is 3.15. The third-order valence-electron chi connectivity index (χ3n) is 4.55. The molecule has 0 radical (unpaired) electrons. The number of hydrogen-bond donors (Lipinski definition) is 1. The fourth-order valence-electron chi connectivity index (χ4n) is 3.15. The summed E-state index contributed by atoms with van der Waals surface area (Å²) in [6.45, 7) is 9.67. The number of aromatic nitrogens is 1. The van der Waals surface area contributed by atoms with Crippen molar-refractivity contribution in [3.8, 4) is 5.75 Å². The van der Waals surface area contributed by atoms with E-state index >= 15 is 0 Å². The third-order valence-corrected chi connectivity index (χ3v) is 4.55. The number of rotatable bonds is 4. The highest BCUT2D eigenvalue weighted by Gasteiger charge is 2.33. The number of ether oxygens (including phenoxy) is 1. The first kappa shape index (κ1) is 20.8. The minimum Gasteiger partial charge on any atom is -0.477 e. The molecule has 1 aliphatic heterocycles. The highest BCUT2D eigenvalue weighted by atomic mass is 19.1. The molecule has 0 saturated carbocycles. The zero-order valence-electron chi connectivity index (χ0n) is 17.4. The van der Waals surface area contributed by atoms with Crippen LogP contribution in [0.1, 0.15) is 45.4 Å². The van der Waals surface area contributed by atoms with Crippen LogP contribution < -0.4 is 15.0 Å². The largest absolute Gasteiger partial charge is 0.477 e. The van der Waals surface area contributed by atoms with Crippen LogP contribution in [-0.2, 0) is 16.1 Å². The molecule has 7 heteroatoms. The number of aryl methyl sites for hydroxylation is 1. The number of benzene rings is 1. The molecule has 1 N–H and O–H groups in total. The Morgan fingerprint density at radius 2 is 1.93 bits per heavy atom. The van der Waals surface area contributed by atoms with Crippen molar-refractivity contribution < 1.29 is 18.7 Å². The average molecular weight is 399 g/mol. The number of pyridine rings is 1. The number of hydrogen-bond acceptors (Lipinski definition) is 4. The van der Waals surface area contributed by atoms with Crippen molar-refractivity contribution in [1.82, 2.24) is 4.98 Å². The number of fused-ring (bicyclic) bond motifs is 1. The van der Waals surface area contributed by atoms with Crippen LogP contribution in [0.3, 0.4) is 0 Å². The van der Waals surface area contributed by atoms with E-state index in [4.69, 9.17) is 4.74 Å². The van der Waals surface area contributed by atoms with Crippen LogP contribution in [0.4, 0.5) is 15.9 Å². The minimum absolute atomic E-state index is 0.106. The monoisotopic (exact) mass is 399 g/mol. The Kier molecular flexibility index (Phi) is 5.59. The molecule has 0 aliphatic carbocycles. The Bertz CT molecular complexity index is 936. The molecule has 0 bridgehead atoms. The van der Waals surface area contributed by atoms with Gasteiger partial charge in [-0.1, -0.05) is 32.9 Å². The van der Waals surface area contributed by atoms with Crippen molar-refractivity contribution in [2.75, 3.05) is 10.2 Å². The number of nitrogens with zero attached hydrogens (tertiary/aromatic N) is 2. The van der Waals surface area contributed by atoms with Gasteiger partial charge in [0, 0.05) is 12.5 Å². The van der Waals surface area contributed by atoms with E-state index in [1.54, 1.807) is 32.0 Å². The van der Waals surface area contributed by atoms with E-state index in [2.05, 4.69) is 10.3 Å². The second-order valence-electron chi connectivity index (χ2n) is 8.54. The van der Waals surface area contributed by atoms with E-state index < -0.39 is 6.10 Å². The van der Waals surface area contributed by atoms with Crippen LogP contribution in [0.5, 0.6) is 5.75 Å². The molecule has 1 aliphatic rings. The van der Waals surface area contributed by atoms with Crippen LogP contribution in [0, 0.1) is 18.2 Å². The lowest BCUT2D eigenvalue weighted by atomic mass is 9.92. The summed E-state index contributed by atoms with van der Waals surface area (Å²) < 4.78 is 18.9. The van der Waals surface area contributed by atoms with Gasteiger partial charge in [-0.2, -0.15) is 0 Å². The average Bonchev–Trinajstić information content (AvgIpc) is 2.60. The molecule has 29 heavy (non-hydrogen) atoms. The summed E-state index contributed by atoms with van der Waals surface area (Å²) in [7, 11) is 0. The molecule has 1 atom stereocenters. The highest BCUT2D eigenvalue weighted by molar-refractivity contribution is 5.99. The SMILES string of the molecule is Cc1nc2c(cc1NC(=O)CC(C)(C)C)OC(C)C(=O)N2Cc1ccc(F)cc1. The zero-order chi connectivity index (χ0) is 21.3. The van der Waals surface area contributed by atoms with Gasteiger partial charge in [-0.15, -0.1) is 0 Å². The molecule has 1 aromatic heterocycles. The van der Waals surface area contributed by atoms with Gasteiger partial charge in [-0.3, -0.25) is 14.5 Å². The van der Waals surface area contributed by atoms with Crippen molar-refractivity contribution in [3.05, 3.63) is 47.4 Å². The maximum absolute atomic E-state index is 13.2. The van der Waals surface area contributed by atoms with Gasteiger partial charge in [0.25, 0.3) is 5.91 Å². The Morgan fingerprint density at radius 3 is 2.55 bits per heavy atom. The van der Waals surface area contributed by atoms with E-state index in [-0.39, 0.29) is 29.6 Å². The molecule has 1 unspecified atom stereocenters. The summed E-state index contributed by atoms with van der Waals surface area (Å²) in [5, 5.41) is 2.89. The van der Waals surface area contributed by atoms with Gasteiger partial charge >= 0.3 is 0 Å². The normalized spacial score (nSPS) is 16.3. The smallest absolute Gasteiger partial charge is 0.269 e. The van der Waals surface area contributed by atoms with Crippen LogP contribution >= 0.6 is 0 Å². The molecule has 2 amide bonds. The molecule has 1 aromatic carbocycles. The molecular formula is C22H26FN3O3. The molecule has 2 heterocycles. The maximum atomic E-state index is 13.2. The van der Waals surface area contributed by atoms with Gasteiger partial charge in [0.1, 0.15) is 5.82 Å².